The van der Waals surface area contributed by atoms with E-state index in [0.717, 1.165) is 30.0 Å². The number of amides is 1. The lowest BCUT2D eigenvalue weighted by Gasteiger charge is -2.32. The molecule has 0 unspecified atom stereocenters. The first kappa shape index (κ1) is 19.4. The van der Waals surface area contributed by atoms with Crippen LogP contribution in [0.2, 0.25) is 5.02 Å². The first-order chi connectivity index (χ1) is 14.1. The molecule has 8 heteroatoms. The van der Waals surface area contributed by atoms with E-state index >= 15 is 0 Å². The molecular weight excluding hydrogens is 390 g/mol. The summed E-state index contributed by atoms with van der Waals surface area (Å²) in [6.07, 6.45) is 1.99. The highest BCUT2D eigenvalue weighted by molar-refractivity contribution is 6.33. The van der Waals surface area contributed by atoms with Gasteiger partial charge >= 0.3 is 0 Å². The Morgan fingerprint density at radius 1 is 1.34 bits per heavy atom. The Morgan fingerprint density at radius 3 is 2.97 bits per heavy atom. The van der Waals surface area contributed by atoms with Gasteiger partial charge in [0.15, 0.2) is 0 Å². The van der Waals surface area contributed by atoms with E-state index in [-0.39, 0.29) is 12.0 Å². The Kier molecular flexibility index (Phi) is 5.78. The van der Waals surface area contributed by atoms with Gasteiger partial charge in [-0.2, -0.15) is 5.10 Å². The number of carbonyl (C=O) groups is 1. The van der Waals surface area contributed by atoms with Crippen LogP contribution in [0.15, 0.2) is 48.7 Å². The average Bonchev–Trinajstić information content (AvgIpc) is 3.23. The average molecular weight is 412 g/mol. The molecule has 7 nitrogen and oxygen atoms in total. The molecule has 2 aromatic heterocycles. The topological polar surface area (TPSA) is 83.1 Å². The van der Waals surface area contributed by atoms with Crippen LogP contribution < -0.4 is 10.2 Å². The van der Waals surface area contributed by atoms with Crippen molar-refractivity contribution in [3.05, 3.63) is 64.9 Å². The molecule has 1 aliphatic rings. The molecule has 0 aliphatic carbocycles. The summed E-state index contributed by atoms with van der Waals surface area (Å²) in [4.78, 5) is 19.2. The number of H-pyrrole nitrogens is 1. The minimum Gasteiger partial charge on any atom is -0.375 e. The zero-order chi connectivity index (χ0) is 20.2. The highest BCUT2D eigenvalue weighted by atomic mass is 35.5. The number of carbonyl (C=O) groups excluding carboxylic acids is 1. The van der Waals surface area contributed by atoms with Crippen molar-refractivity contribution in [2.75, 3.05) is 24.6 Å². The summed E-state index contributed by atoms with van der Waals surface area (Å²) < 4.78 is 5.56. The van der Waals surface area contributed by atoms with E-state index in [1.807, 2.05) is 30.3 Å². The van der Waals surface area contributed by atoms with Crippen molar-refractivity contribution < 1.29 is 9.53 Å². The third-order valence-electron chi connectivity index (χ3n) is 4.80. The fraction of sp³-hybridized carbons (Fsp3) is 0.286. The summed E-state index contributed by atoms with van der Waals surface area (Å²) in [5.41, 5.74) is 2.72. The summed E-state index contributed by atoms with van der Waals surface area (Å²) in [6, 6.07) is 13.0. The monoisotopic (exact) mass is 411 g/mol. The zero-order valence-electron chi connectivity index (χ0n) is 16.1. The van der Waals surface area contributed by atoms with E-state index in [2.05, 4.69) is 32.3 Å². The van der Waals surface area contributed by atoms with E-state index < -0.39 is 0 Å². The van der Waals surface area contributed by atoms with Crippen molar-refractivity contribution in [1.82, 2.24) is 20.5 Å². The Morgan fingerprint density at radius 2 is 2.21 bits per heavy atom. The normalized spacial score (nSPS) is 16.6. The van der Waals surface area contributed by atoms with Gasteiger partial charge in [0, 0.05) is 31.4 Å². The van der Waals surface area contributed by atoms with E-state index in [1.165, 1.54) is 0 Å². The Bertz CT molecular complexity index is 989. The van der Waals surface area contributed by atoms with Gasteiger partial charge in [0.05, 0.1) is 23.4 Å². The second-order valence-corrected chi connectivity index (χ2v) is 7.39. The SMILES string of the molecule is C[C@H]1CN(c2ccc(CNC(=O)c3cc(-c4ccccc4Cl)n[nH]3)cn2)CCO1. The molecule has 0 radical (unpaired) electrons. The number of pyridine rings is 1. The maximum Gasteiger partial charge on any atom is 0.269 e. The molecule has 4 rings (SSSR count). The van der Waals surface area contributed by atoms with Gasteiger partial charge in [0.1, 0.15) is 11.5 Å². The number of benzene rings is 1. The van der Waals surface area contributed by atoms with Crippen molar-refractivity contribution in [1.29, 1.82) is 0 Å². The van der Waals surface area contributed by atoms with Gasteiger partial charge in [-0.3, -0.25) is 9.89 Å². The van der Waals surface area contributed by atoms with E-state index in [4.69, 9.17) is 16.3 Å². The van der Waals surface area contributed by atoms with Gasteiger partial charge in [0.25, 0.3) is 5.91 Å². The van der Waals surface area contributed by atoms with Crippen LogP contribution in [0.1, 0.15) is 23.0 Å². The van der Waals surface area contributed by atoms with Gasteiger partial charge in [-0.25, -0.2) is 4.98 Å². The molecule has 1 aromatic carbocycles. The lowest BCUT2D eigenvalue weighted by Crippen LogP contribution is -2.41. The number of hydrogen-bond acceptors (Lipinski definition) is 5. The van der Waals surface area contributed by atoms with Crippen LogP contribution in [0.25, 0.3) is 11.3 Å². The number of anilines is 1. The number of nitrogens with zero attached hydrogens (tertiary/aromatic N) is 3. The van der Waals surface area contributed by atoms with Gasteiger partial charge < -0.3 is 15.0 Å². The molecular formula is C21H22ClN5O2. The van der Waals surface area contributed by atoms with Gasteiger partial charge in [-0.05, 0) is 30.7 Å². The highest BCUT2D eigenvalue weighted by Crippen LogP contribution is 2.26. The van der Waals surface area contributed by atoms with E-state index in [0.29, 0.717) is 29.6 Å². The zero-order valence-corrected chi connectivity index (χ0v) is 16.8. The molecule has 29 heavy (non-hydrogen) atoms. The predicted octanol–water partition coefficient (Wildman–Crippen LogP) is 3.28. The molecule has 1 saturated heterocycles. The van der Waals surface area contributed by atoms with Crippen LogP contribution in [0, 0.1) is 0 Å². The molecule has 1 amide bonds. The van der Waals surface area contributed by atoms with Crippen LogP contribution in [-0.2, 0) is 11.3 Å². The summed E-state index contributed by atoms with van der Waals surface area (Å²) >= 11 is 6.19. The molecule has 1 fully saturated rings. The van der Waals surface area contributed by atoms with Crippen molar-refractivity contribution in [2.24, 2.45) is 0 Å². The molecule has 0 spiro atoms. The maximum atomic E-state index is 12.4. The first-order valence-corrected chi connectivity index (χ1v) is 9.88. The van der Waals surface area contributed by atoms with Crippen molar-refractivity contribution in [3.8, 4) is 11.3 Å². The lowest BCUT2D eigenvalue weighted by atomic mass is 10.1. The van der Waals surface area contributed by atoms with Gasteiger partial charge in [-0.1, -0.05) is 35.9 Å². The van der Waals surface area contributed by atoms with Gasteiger partial charge in [0.2, 0.25) is 0 Å². The quantitative estimate of drug-likeness (QED) is 0.673. The summed E-state index contributed by atoms with van der Waals surface area (Å²) in [5, 5.41) is 10.4. The molecule has 0 bridgehead atoms. The maximum absolute atomic E-state index is 12.4. The molecule has 0 saturated carbocycles. The summed E-state index contributed by atoms with van der Waals surface area (Å²) in [5.74, 6) is 0.690. The third-order valence-corrected chi connectivity index (χ3v) is 5.13. The third kappa shape index (κ3) is 4.58. The van der Waals surface area contributed by atoms with Crippen LogP contribution in [0.5, 0.6) is 0 Å². The minimum absolute atomic E-state index is 0.203. The number of hydrogen-bond donors (Lipinski definition) is 2. The van der Waals surface area contributed by atoms with Crippen LogP contribution >= 0.6 is 11.6 Å². The molecule has 1 atom stereocenters. The fourth-order valence-electron chi connectivity index (χ4n) is 3.26. The smallest absolute Gasteiger partial charge is 0.269 e. The van der Waals surface area contributed by atoms with Crippen LogP contribution in [-0.4, -0.2) is 46.9 Å². The first-order valence-electron chi connectivity index (χ1n) is 9.50. The fourth-order valence-corrected chi connectivity index (χ4v) is 3.49. The number of aromatic amines is 1. The van der Waals surface area contributed by atoms with E-state index in [9.17, 15) is 4.79 Å². The highest BCUT2D eigenvalue weighted by Gasteiger charge is 2.18. The molecule has 150 valence electrons. The summed E-state index contributed by atoms with van der Waals surface area (Å²) in [6.45, 7) is 4.81. The Balaban J connectivity index is 1.36. The largest absolute Gasteiger partial charge is 0.375 e. The number of rotatable bonds is 5. The molecule has 3 heterocycles. The Hall–Kier alpha value is -2.90. The predicted molar refractivity (Wildman–Crippen MR) is 112 cm³/mol. The van der Waals surface area contributed by atoms with Crippen molar-refractivity contribution in [2.45, 2.75) is 19.6 Å². The molecule has 3 aromatic rings. The second-order valence-electron chi connectivity index (χ2n) is 6.98. The standard InChI is InChI=1S/C21H22ClN5O2/c1-14-13-27(8-9-29-14)20-7-6-15(11-23-20)12-24-21(28)19-10-18(25-26-19)16-4-2-3-5-17(16)22/h2-7,10-11,14H,8-9,12-13H2,1H3,(H,24,28)(H,25,26)/t14-/m0/s1. The molecule has 2 N–H and O–H groups in total. The van der Waals surface area contributed by atoms with Crippen molar-refractivity contribution >= 4 is 23.3 Å². The molecule has 1 aliphatic heterocycles. The van der Waals surface area contributed by atoms with Gasteiger partial charge in [-0.15, -0.1) is 0 Å². The number of halogens is 1. The summed E-state index contributed by atoms with van der Waals surface area (Å²) in [7, 11) is 0. The van der Waals surface area contributed by atoms with Crippen LogP contribution in [0.3, 0.4) is 0 Å². The minimum atomic E-state index is -0.234. The van der Waals surface area contributed by atoms with E-state index in [1.54, 1.807) is 18.3 Å². The Labute approximate surface area is 174 Å². The number of morpholine rings is 1. The lowest BCUT2D eigenvalue weighted by molar-refractivity contribution is 0.0529. The number of aromatic nitrogens is 3. The van der Waals surface area contributed by atoms with Crippen molar-refractivity contribution in [3.63, 3.8) is 0 Å². The second kappa shape index (κ2) is 8.63. The number of ether oxygens (including phenoxy) is 1. The number of nitrogens with one attached hydrogen (secondary N) is 2. The van der Waals surface area contributed by atoms with Crippen LogP contribution in [0.4, 0.5) is 5.82 Å².